The highest BCUT2D eigenvalue weighted by atomic mass is 32.2. The lowest BCUT2D eigenvalue weighted by atomic mass is 10.2. The van der Waals surface area contributed by atoms with Crippen LogP contribution in [-0.2, 0) is 6.61 Å². The molecule has 0 saturated heterocycles. The third-order valence-electron chi connectivity index (χ3n) is 2.03. The van der Waals surface area contributed by atoms with Crippen molar-refractivity contribution in [3.8, 4) is 0 Å². The molecule has 0 spiro atoms. The predicted octanol–water partition coefficient (Wildman–Crippen LogP) is 2.69. The van der Waals surface area contributed by atoms with Crippen molar-refractivity contribution in [2.45, 2.75) is 15.8 Å². The summed E-state index contributed by atoms with van der Waals surface area (Å²) >= 11 is 2.92. The fourth-order valence-electron chi connectivity index (χ4n) is 1.29. The highest BCUT2D eigenvalue weighted by Gasteiger charge is 2.13. The molecule has 0 fully saturated rings. The number of benzene rings is 1. The van der Waals surface area contributed by atoms with Crippen LogP contribution in [0.2, 0.25) is 0 Å². The molecule has 88 valence electrons. The van der Waals surface area contributed by atoms with Gasteiger partial charge in [-0.1, -0.05) is 11.8 Å². The number of rotatable bonds is 4. The van der Waals surface area contributed by atoms with Crippen LogP contribution < -0.4 is 0 Å². The fraction of sp³-hybridized carbons (Fsp3) is 0.100. The number of nitrogens with zero attached hydrogens (tertiary/aromatic N) is 2. The number of hydrogen-bond donors (Lipinski definition) is 1. The van der Waals surface area contributed by atoms with Crippen LogP contribution in [0.1, 0.15) is 5.56 Å². The third-order valence-corrected chi connectivity index (χ3v) is 3.91. The lowest BCUT2D eigenvalue weighted by molar-refractivity contribution is -0.385. The predicted molar refractivity (Wildman–Crippen MR) is 65.3 cm³/mol. The summed E-state index contributed by atoms with van der Waals surface area (Å²) in [7, 11) is 0. The van der Waals surface area contributed by atoms with Crippen molar-refractivity contribution in [2.24, 2.45) is 0 Å². The van der Waals surface area contributed by atoms with Gasteiger partial charge in [0.25, 0.3) is 5.69 Å². The number of aliphatic hydroxyl groups is 1. The Balaban J connectivity index is 2.28. The second kappa shape index (κ2) is 5.26. The number of nitro groups is 1. The summed E-state index contributed by atoms with van der Waals surface area (Å²) in [4.78, 5) is 15.1. The van der Waals surface area contributed by atoms with Crippen LogP contribution in [0.5, 0.6) is 0 Å². The summed E-state index contributed by atoms with van der Waals surface area (Å²) in [6.07, 6.45) is 1.70. The Hall–Kier alpha value is -1.44. The van der Waals surface area contributed by atoms with Crippen molar-refractivity contribution < 1.29 is 10.0 Å². The Morgan fingerprint density at radius 2 is 2.35 bits per heavy atom. The van der Waals surface area contributed by atoms with Crippen LogP contribution in [0.3, 0.4) is 0 Å². The first-order valence-corrected chi connectivity index (χ1v) is 6.36. The topological polar surface area (TPSA) is 76.3 Å². The van der Waals surface area contributed by atoms with E-state index in [-0.39, 0.29) is 12.3 Å². The quantitative estimate of drug-likeness (QED) is 0.681. The molecule has 1 heterocycles. The molecule has 0 radical (unpaired) electrons. The van der Waals surface area contributed by atoms with Gasteiger partial charge in [0.1, 0.15) is 0 Å². The Morgan fingerprint density at radius 3 is 2.94 bits per heavy atom. The van der Waals surface area contributed by atoms with Crippen molar-refractivity contribution in [1.29, 1.82) is 0 Å². The molecule has 17 heavy (non-hydrogen) atoms. The van der Waals surface area contributed by atoms with Crippen LogP contribution in [0, 0.1) is 10.1 Å². The zero-order chi connectivity index (χ0) is 12.3. The molecule has 0 atom stereocenters. The van der Waals surface area contributed by atoms with E-state index in [9.17, 15) is 10.1 Å². The average Bonchev–Trinajstić information content (AvgIpc) is 2.81. The van der Waals surface area contributed by atoms with Crippen molar-refractivity contribution in [2.75, 3.05) is 0 Å². The van der Waals surface area contributed by atoms with Gasteiger partial charge in [0.15, 0.2) is 4.34 Å². The second-order valence-electron chi connectivity index (χ2n) is 3.11. The van der Waals surface area contributed by atoms with Gasteiger partial charge in [-0.3, -0.25) is 10.1 Å². The smallest absolute Gasteiger partial charge is 0.274 e. The molecule has 0 aliphatic heterocycles. The molecule has 7 heteroatoms. The minimum atomic E-state index is -0.497. The molecule has 0 saturated carbocycles. The largest absolute Gasteiger partial charge is 0.391 e. The first kappa shape index (κ1) is 12.0. The van der Waals surface area contributed by atoms with E-state index in [1.165, 1.54) is 29.2 Å². The van der Waals surface area contributed by atoms with E-state index in [0.29, 0.717) is 5.56 Å². The van der Waals surface area contributed by atoms with Crippen LogP contribution >= 0.6 is 23.1 Å². The molecule has 0 bridgehead atoms. The van der Waals surface area contributed by atoms with Gasteiger partial charge in [0.05, 0.1) is 17.1 Å². The van der Waals surface area contributed by atoms with Gasteiger partial charge in [0.2, 0.25) is 0 Å². The molecule has 5 nitrogen and oxygen atoms in total. The van der Waals surface area contributed by atoms with E-state index in [0.717, 1.165) is 9.24 Å². The van der Waals surface area contributed by atoms with Gasteiger partial charge >= 0.3 is 0 Å². The van der Waals surface area contributed by atoms with Crippen LogP contribution in [0.25, 0.3) is 0 Å². The highest BCUT2D eigenvalue weighted by Crippen LogP contribution is 2.32. The van der Waals surface area contributed by atoms with E-state index < -0.39 is 4.92 Å². The number of nitro benzene ring substituents is 1. The molecule has 0 aliphatic rings. The zero-order valence-electron chi connectivity index (χ0n) is 8.57. The molecule has 1 aromatic heterocycles. The van der Waals surface area contributed by atoms with Gasteiger partial charge in [0, 0.05) is 22.5 Å². The lowest BCUT2D eigenvalue weighted by Crippen LogP contribution is -1.95. The Labute approximate surface area is 105 Å². The molecule has 0 unspecified atom stereocenters. The van der Waals surface area contributed by atoms with E-state index >= 15 is 0 Å². The molecule has 1 aromatic carbocycles. The maximum absolute atomic E-state index is 10.7. The molecular weight excluding hydrogens is 260 g/mol. The highest BCUT2D eigenvalue weighted by molar-refractivity contribution is 8.01. The summed E-state index contributed by atoms with van der Waals surface area (Å²) in [5, 5.41) is 21.6. The van der Waals surface area contributed by atoms with Crippen LogP contribution in [0.15, 0.2) is 39.0 Å². The lowest BCUT2D eigenvalue weighted by Gasteiger charge is -2.02. The molecule has 0 aliphatic carbocycles. The summed E-state index contributed by atoms with van der Waals surface area (Å²) in [5.41, 5.74) is 0.257. The second-order valence-corrected chi connectivity index (χ2v) is 5.32. The summed E-state index contributed by atoms with van der Waals surface area (Å²) in [6.45, 7) is -0.345. The maximum Gasteiger partial charge on any atom is 0.274 e. The third kappa shape index (κ3) is 2.82. The number of aromatic nitrogens is 1. The standard InChI is InChI=1S/C10H8N2O3S2/c13-6-7-5-8(1-2-9(7)12(14)15)17-10-11-3-4-16-10/h1-5,13H,6H2. The number of thiazole rings is 1. The van der Waals surface area contributed by atoms with Crippen LogP contribution in [-0.4, -0.2) is 15.0 Å². The average molecular weight is 268 g/mol. The Bertz CT molecular complexity index is 528. The van der Waals surface area contributed by atoms with E-state index in [1.807, 2.05) is 5.38 Å². The van der Waals surface area contributed by atoms with Gasteiger partial charge in [-0.2, -0.15) is 0 Å². The van der Waals surface area contributed by atoms with E-state index in [1.54, 1.807) is 18.3 Å². The maximum atomic E-state index is 10.7. The monoisotopic (exact) mass is 268 g/mol. The van der Waals surface area contributed by atoms with Crippen molar-refractivity contribution in [3.05, 3.63) is 45.5 Å². The first-order chi connectivity index (χ1) is 8.20. The Morgan fingerprint density at radius 1 is 1.53 bits per heavy atom. The molecular formula is C10H8N2O3S2. The first-order valence-electron chi connectivity index (χ1n) is 4.66. The minimum Gasteiger partial charge on any atom is -0.391 e. The van der Waals surface area contributed by atoms with E-state index in [2.05, 4.69) is 4.98 Å². The number of hydrogen-bond acceptors (Lipinski definition) is 6. The number of aliphatic hydroxyl groups excluding tert-OH is 1. The Kier molecular flexibility index (Phi) is 3.72. The van der Waals surface area contributed by atoms with Gasteiger partial charge < -0.3 is 5.11 Å². The normalized spacial score (nSPS) is 10.4. The molecule has 1 N–H and O–H groups in total. The van der Waals surface area contributed by atoms with Crippen molar-refractivity contribution in [3.63, 3.8) is 0 Å². The summed E-state index contributed by atoms with van der Waals surface area (Å²) in [5.74, 6) is 0. The summed E-state index contributed by atoms with van der Waals surface area (Å²) in [6, 6.07) is 4.68. The van der Waals surface area contributed by atoms with Gasteiger partial charge in [-0.15, -0.1) is 11.3 Å². The van der Waals surface area contributed by atoms with E-state index in [4.69, 9.17) is 5.11 Å². The summed E-state index contributed by atoms with van der Waals surface area (Å²) < 4.78 is 0.864. The zero-order valence-corrected chi connectivity index (χ0v) is 10.2. The molecule has 2 aromatic rings. The van der Waals surface area contributed by atoms with Crippen LogP contribution in [0.4, 0.5) is 5.69 Å². The molecule has 0 amide bonds. The minimum absolute atomic E-state index is 0.0593. The molecule has 2 rings (SSSR count). The van der Waals surface area contributed by atoms with Crippen molar-refractivity contribution in [1.82, 2.24) is 4.98 Å². The van der Waals surface area contributed by atoms with Gasteiger partial charge in [-0.05, 0) is 12.1 Å². The van der Waals surface area contributed by atoms with Crippen molar-refractivity contribution >= 4 is 28.8 Å². The van der Waals surface area contributed by atoms with Gasteiger partial charge in [-0.25, -0.2) is 4.98 Å². The SMILES string of the molecule is O=[N+]([O-])c1ccc(Sc2nccs2)cc1CO. The fourth-order valence-corrected chi connectivity index (χ4v) is 2.95.